The van der Waals surface area contributed by atoms with Gasteiger partial charge in [0.1, 0.15) is 17.4 Å². The van der Waals surface area contributed by atoms with E-state index in [0.717, 1.165) is 34.4 Å². The van der Waals surface area contributed by atoms with Crippen molar-refractivity contribution in [1.29, 1.82) is 0 Å². The molecule has 5 aromatic rings. The predicted molar refractivity (Wildman–Crippen MR) is 122 cm³/mol. The first kappa shape index (κ1) is 19.7. The van der Waals surface area contributed by atoms with Crippen LogP contribution in [0.5, 0.6) is 5.88 Å². The quantitative estimate of drug-likeness (QED) is 0.403. The number of hydrogen-bond acceptors (Lipinski definition) is 6. The Balaban J connectivity index is 1.37. The van der Waals surface area contributed by atoms with Crippen molar-refractivity contribution in [2.45, 2.75) is 18.9 Å². The third-order valence-corrected chi connectivity index (χ3v) is 5.70. The van der Waals surface area contributed by atoms with E-state index in [1.807, 2.05) is 83.7 Å². The third kappa shape index (κ3) is 3.87. The van der Waals surface area contributed by atoms with Crippen molar-refractivity contribution in [3.63, 3.8) is 0 Å². The Kier molecular flexibility index (Phi) is 4.88. The summed E-state index contributed by atoms with van der Waals surface area (Å²) in [5.74, 6) is 1.25. The summed E-state index contributed by atoms with van der Waals surface area (Å²) in [6.45, 7) is 1.27. The molecule has 33 heavy (non-hydrogen) atoms. The van der Waals surface area contributed by atoms with Crippen LogP contribution in [0, 0.1) is 0 Å². The van der Waals surface area contributed by atoms with Crippen LogP contribution < -0.4 is 4.74 Å². The SMILES string of the molecule is Cn1cc(-n2ccc3nc(Cc4cnn(-c5ccccc5)c4)nc(O[C@H]4CCOC4)c32)cn1. The summed E-state index contributed by atoms with van der Waals surface area (Å²) < 4.78 is 17.5. The van der Waals surface area contributed by atoms with Crippen molar-refractivity contribution in [2.24, 2.45) is 7.05 Å². The van der Waals surface area contributed by atoms with Gasteiger partial charge in [0.2, 0.25) is 5.88 Å². The van der Waals surface area contributed by atoms with E-state index in [1.165, 1.54) is 0 Å². The summed E-state index contributed by atoms with van der Waals surface area (Å²) in [5.41, 5.74) is 4.63. The van der Waals surface area contributed by atoms with Crippen LogP contribution in [0.4, 0.5) is 0 Å². The number of ether oxygens (including phenoxy) is 2. The Morgan fingerprint density at radius 2 is 1.94 bits per heavy atom. The number of aromatic nitrogens is 7. The fourth-order valence-corrected chi connectivity index (χ4v) is 4.09. The van der Waals surface area contributed by atoms with E-state index in [1.54, 1.807) is 4.68 Å². The van der Waals surface area contributed by atoms with Crippen LogP contribution in [0.1, 0.15) is 17.8 Å². The van der Waals surface area contributed by atoms with Crippen LogP contribution in [0.25, 0.3) is 22.4 Å². The van der Waals surface area contributed by atoms with Crippen LogP contribution in [0.3, 0.4) is 0 Å². The molecule has 0 radical (unpaired) electrons. The fourth-order valence-electron chi connectivity index (χ4n) is 4.09. The maximum atomic E-state index is 6.32. The summed E-state index contributed by atoms with van der Waals surface area (Å²) >= 11 is 0. The van der Waals surface area contributed by atoms with E-state index in [9.17, 15) is 0 Å². The molecular weight excluding hydrogens is 418 g/mol. The topological polar surface area (TPSA) is 84.8 Å². The maximum absolute atomic E-state index is 6.32. The first-order chi connectivity index (χ1) is 16.2. The van der Waals surface area contributed by atoms with Crippen LogP contribution >= 0.6 is 0 Å². The Bertz CT molecular complexity index is 1400. The van der Waals surface area contributed by atoms with Crippen LogP contribution in [0.2, 0.25) is 0 Å². The number of nitrogens with zero attached hydrogens (tertiary/aromatic N) is 7. The molecule has 0 aliphatic carbocycles. The number of benzene rings is 1. The van der Waals surface area contributed by atoms with Gasteiger partial charge in [0, 0.05) is 38.5 Å². The molecule has 1 saturated heterocycles. The first-order valence-electron chi connectivity index (χ1n) is 10.9. The summed E-state index contributed by atoms with van der Waals surface area (Å²) in [5, 5.41) is 8.79. The molecule has 1 aliphatic heterocycles. The molecule has 0 N–H and O–H groups in total. The van der Waals surface area contributed by atoms with Gasteiger partial charge in [0.05, 0.1) is 42.5 Å². The molecule has 5 heterocycles. The minimum atomic E-state index is -0.0194. The molecular formula is C24H23N7O2. The van der Waals surface area contributed by atoms with E-state index in [-0.39, 0.29) is 6.10 Å². The lowest BCUT2D eigenvalue weighted by molar-refractivity contribution is 0.139. The highest BCUT2D eigenvalue weighted by Crippen LogP contribution is 2.29. The van der Waals surface area contributed by atoms with Crippen LogP contribution in [-0.2, 0) is 18.2 Å². The molecule has 0 spiro atoms. The molecule has 0 amide bonds. The zero-order chi connectivity index (χ0) is 22.2. The van der Waals surface area contributed by atoms with Gasteiger partial charge in [0.25, 0.3) is 0 Å². The summed E-state index contributed by atoms with van der Waals surface area (Å²) in [6.07, 6.45) is 11.0. The summed E-state index contributed by atoms with van der Waals surface area (Å²) in [4.78, 5) is 9.67. The fraction of sp³-hybridized carbons (Fsp3) is 0.250. The van der Waals surface area contributed by atoms with Crippen molar-refractivity contribution < 1.29 is 9.47 Å². The van der Waals surface area contributed by atoms with Gasteiger partial charge in [-0.05, 0) is 23.8 Å². The zero-order valence-corrected chi connectivity index (χ0v) is 18.2. The normalized spacial score (nSPS) is 16.0. The first-order valence-corrected chi connectivity index (χ1v) is 10.9. The zero-order valence-electron chi connectivity index (χ0n) is 18.2. The molecule has 9 nitrogen and oxygen atoms in total. The second kappa shape index (κ2) is 8.18. The van der Waals surface area contributed by atoms with E-state index >= 15 is 0 Å². The molecule has 9 heteroatoms. The van der Waals surface area contributed by atoms with Gasteiger partial charge in [-0.2, -0.15) is 15.2 Å². The van der Waals surface area contributed by atoms with Crippen molar-refractivity contribution in [3.05, 3.63) is 78.8 Å². The molecule has 6 rings (SSSR count). The molecule has 0 saturated carbocycles. The molecule has 166 valence electrons. The Morgan fingerprint density at radius 3 is 2.73 bits per heavy atom. The number of para-hydroxylation sites is 1. The van der Waals surface area contributed by atoms with Gasteiger partial charge in [-0.15, -0.1) is 0 Å². The van der Waals surface area contributed by atoms with Crippen molar-refractivity contribution in [2.75, 3.05) is 13.2 Å². The molecule has 1 aliphatic rings. The average Bonchev–Trinajstić information content (AvgIpc) is 3.62. The average molecular weight is 441 g/mol. The highest BCUT2D eigenvalue weighted by Gasteiger charge is 2.22. The van der Waals surface area contributed by atoms with Crippen LogP contribution in [0.15, 0.2) is 67.4 Å². The van der Waals surface area contributed by atoms with Crippen molar-refractivity contribution in [1.82, 2.24) is 34.1 Å². The highest BCUT2D eigenvalue weighted by atomic mass is 16.5. The van der Waals surface area contributed by atoms with E-state index < -0.39 is 0 Å². The Labute approximate surface area is 190 Å². The van der Waals surface area contributed by atoms with Gasteiger partial charge in [-0.1, -0.05) is 18.2 Å². The van der Waals surface area contributed by atoms with Gasteiger partial charge in [-0.25, -0.2) is 9.67 Å². The highest BCUT2D eigenvalue weighted by molar-refractivity contribution is 5.82. The third-order valence-electron chi connectivity index (χ3n) is 5.70. The Morgan fingerprint density at radius 1 is 1.03 bits per heavy atom. The maximum Gasteiger partial charge on any atom is 0.242 e. The summed E-state index contributed by atoms with van der Waals surface area (Å²) in [6, 6.07) is 12.0. The van der Waals surface area contributed by atoms with Crippen molar-refractivity contribution in [3.8, 4) is 17.3 Å². The number of aryl methyl sites for hydroxylation is 1. The number of hydrogen-bond donors (Lipinski definition) is 0. The standard InChI is InChI=1S/C24H23N7O2/c1-29-15-19(13-25-29)30-9-7-21-23(30)24(33-20-8-10-32-16-20)28-22(27-21)11-17-12-26-31(14-17)18-5-3-2-4-6-18/h2-7,9,12-15,20H,8,10-11,16H2,1H3/t20-/m0/s1. The molecule has 1 aromatic carbocycles. The van der Waals surface area contributed by atoms with Crippen molar-refractivity contribution >= 4 is 11.0 Å². The monoisotopic (exact) mass is 441 g/mol. The molecule has 1 atom stereocenters. The van der Waals surface area contributed by atoms with Gasteiger partial charge < -0.3 is 14.0 Å². The molecule has 1 fully saturated rings. The lowest BCUT2D eigenvalue weighted by Gasteiger charge is -2.14. The van der Waals surface area contributed by atoms with E-state index in [2.05, 4.69) is 10.2 Å². The molecule has 0 unspecified atom stereocenters. The largest absolute Gasteiger partial charge is 0.470 e. The number of rotatable bonds is 6. The van der Waals surface area contributed by atoms with Gasteiger partial charge in [0.15, 0.2) is 0 Å². The van der Waals surface area contributed by atoms with Gasteiger partial charge >= 0.3 is 0 Å². The smallest absolute Gasteiger partial charge is 0.242 e. The second-order valence-electron chi connectivity index (χ2n) is 8.15. The van der Waals surface area contributed by atoms with Crippen LogP contribution in [-0.4, -0.2) is 53.4 Å². The lowest BCUT2D eigenvalue weighted by Crippen LogP contribution is -2.18. The van der Waals surface area contributed by atoms with Gasteiger partial charge in [-0.3, -0.25) is 4.68 Å². The summed E-state index contributed by atoms with van der Waals surface area (Å²) in [7, 11) is 1.90. The predicted octanol–water partition coefficient (Wildman–Crippen LogP) is 3.10. The Hall–Kier alpha value is -3.98. The second-order valence-corrected chi connectivity index (χ2v) is 8.15. The molecule has 4 aromatic heterocycles. The molecule has 0 bridgehead atoms. The minimum Gasteiger partial charge on any atom is -0.470 e. The lowest BCUT2D eigenvalue weighted by atomic mass is 10.2. The minimum absolute atomic E-state index is 0.0194. The van der Waals surface area contributed by atoms with E-state index in [0.29, 0.717) is 31.3 Å². The number of fused-ring (bicyclic) bond motifs is 1. The van der Waals surface area contributed by atoms with E-state index in [4.69, 9.17) is 19.4 Å².